The minimum Gasteiger partial charge on any atom is -0.387 e. The molecule has 0 aliphatic carbocycles. The maximum atomic E-state index is 13.1. The summed E-state index contributed by atoms with van der Waals surface area (Å²) in [7, 11) is 0. The summed E-state index contributed by atoms with van der Waals surface area (Å²) < 4.78 is 18.3. The third-order valence-corrected chi connectivity index (χ3v) is 3.48. The van der Waals surface area contributed by atoms with Crippen LogP contribution in [-0.2, 0) is 4.74 Å². The molecule has 1 saturated heterocycles. The fraction of sp³-hybridized carbons (Fsp3) is 0.571. The van der Waals surface area contributed by atoms with Crippen LogP contribution in [0.3, 0.4) is 0 Å². The minimum absolute atomic E-state index is 0.122. The van der Waals surface area contributed by atoms with Crippen LogP contribution in [0.15, 0.2) is 18.2 Å². The van der Waals surface area contributed by atoms with Gasteiger partial charge in [0.15, 0.2) is 0 Å². The number of anilines is 1. The Kier molecular flexibility index (Phi) is 5.28. The summed E-state index contributed by atoms with van der Waals surface area (Å²) in [5.41, 5.74) is -1.23. The van der Waals surface area contributed by atoms with E-state index in [0.29, 0.717) is 19.8 Å². The Balaban J connectivity index is 1.97. The van der Waals surface area contributed by atoms with Gasteiger partial charge in [0, 0.05) is 26.2 Å². The van der Waals surface area contributed by atoms with Crippen LogP contribution in [0.5, 0.6) is 0 Å². The van der Waals surface area contributed by atoms with Crippen LogP contribution >= 0.6 is 0 Å². The molecular formula is C14H20FN3O4. The summed E-state index contributed by atoms with van der Waals surface area (Å²) in [4.78, 5) is 12.4. The standard InChI is InChI=1S/C14H20FN3O4/c1-14(19,10-17-4-6-22-7-5-17)9-16-12-3-2-11(15)8-13(12)18(20)21/h2-3,8,16,19H,4-7,9-10H2,1H3. The number of nitrogens with zero attached hydrogens (tertiary/aromatic N) is 2. The number of halogens is 1. The van der Waals surface area contributed by atoms with Gasteiger partial charge in [-0.15, -0.1) is 0 Å². The number of ether oxygens (including phenoxy) is 1. The molecule has 122 valence electrons. The first-order valence-corrected chi connectivity index (χ1v) is 7.08. The van der Waals surface area contributed by atoms with E-state index in [4.69, 9.17) is 4.74 Å². The maximum absolute atomic E-state index is 13.1. The lowest BCUT2D eigenvalue weighted by Crippen LogP contribution is -2.49. The van der Waals surface area contributed by atoms with Crippen molar-refractivity contribution < 1.29 is 19.2 Å². The van der Waals surface area contributed by atoms with Gasteiger partial charge in [0.2, 0.25) is 0 Å². The molecule has 8 heteroatoms. The predicted molar refractivity (Wildman–Crippen MR) is 79.4 cm³/mol. The molecule has 1 unspecified atom stereocenters. The lowest BCUT2D eigenvalue weighted by Gasteiger charge is -2.34. The van der Waals surface area contributed by atoms with Crippen molar-refractivity contribution in [3.63, 3.8) is 0 Å². The number of benzene rings is 1. The normalized spacial score (nSPS) is 18.7. The summed E-state index contributed by atoms with van der Waals surface area (Å²) in [5.74, 6) is -0.669. The Morgan fingerprint density at radius 2 is 2.18 bits per heavy atom. The van der Waals surface area contributed by atoms with E-state index in [0.717, 1.165) is 25.2 Å². The Morgan fingerprint density at radius 3 is 2.82 bits per heavy atom. The molecule has 0 radical (unpaired) electrons. The Hall–Kier alpha value is -1.77. The molecule has 1 aromatic rings. The summed E-state index contributed by atoms with van der Waals surface area (Å²) in [5, 5.41) is 24.2. The number of nitro groups is 1. The quantitative estimate of drug-likeness (QED) is 0.607. The fourth-order valence-electron chi connectivity index (χ4n) is 2.39. The van der Waals surface area contributed by atoms with E-state index in [-0.39, 0.29) is 17.9 Å². The number of nitrogens with one attached hydrogen (secondary N) is 1. The molecule has 0 saturated carbocycles. The molecule has 1 heterocycles. The number of aliphatic hydroxyl groups is 1. The van der Waals surface area contributed by atoms with Crippen molar-refractivity contribution in [3.8, 4) is 0 Å². The SMILES string of the molecule is CC(O)(CNc1ccc(F)cc1[N+](=O)[O-])CN1CCOCC1. The number of rotatable bonds is 6. The van der Waals surface area contributed by atoms with E-state index in [1.54, 1.807) is 6.92 Å². The van der Waals surface area contributed by atoms with Gasteiger partial charge in [0.05, 0.1) is 29.8 Å². The van der Waals surface area contributed by atoms with Gasteiger partial charge in [-0.3, -0.25) is 15.0 Å². The summed E-state index contributed by atoms with van der Waals surface area (Å²) in [6.45, 7) is 4.96. The monoisotopic (exact) mass is 313 g/mol. The second-order valence-corrected chi connectivity index (χ2v) is 5.66. The smallest absolute Gasteiger partial charge is 0.295 e. The number of nitro benzene ring substituents is 1. The molecule has 1 aromatic carbocycles. The van der Waals surface area contributed by atoms with Gasteiger partial charge in [-0.1, -0.05) is 0 Å². The zero-order chi connectivity index (χ0) is 16.2. The van der Waals surface area contributed by atoms with Crippen molar-refractivity contribution in [2.45, 2.75) is 12.5 Å². The van der Waals surface area contributed by atoms with E-state index in [9.17, 15) is 19.6 Å². The van der Waals surface area contributed by atoms with Crippen LogP contribution in [0.1, 0.15) is 6.92 Å². The van der Waals surface area contributed by atoms with E-state index >= 15 is 0 Å². The van der Waals surface area contributed by atoms with E-state index in [1.807, 2.05) is 0 Å². The molecule has 2 rings (SSSR count). The molecule has 1 aliphatic rings. The molecule has 22 heavy (non-hydrogen) atoms. The maximum Gasteiger partial charge on any atom is 0.295 e. The van der Waals surface area contributed by atoms with Gasteiger partial charge < -0.3 is 15.2 Å². The predicted octanol–water partition coefficient (Wildman–Crippen LogP) is 1.23. The number of β-amino-alcohol motifs (C(OH)–C–C–N with tert-alkyl or cyclic N) is 1. The van der Waals surface area contributed by atoms with Crippen molar-refractivity contribution in [1.82, 2.24) is 4.90 Å². The second kappa shape index (κ2) is 6.99. The lowest BCUT2D eigenvalue weighted by atomic mass is 10.1. The van der Waals surface area contributed by atoms with Gasteiger partial charge >= 0.3 is 0 Å². The molecule has 0 aromatic heterocycles. The third-order valence-electron chi connectivity index (χ3n) is 3.48. The minimum atomic E-state index is -1.07. The summed E-state index contributed by atoms with van der Waals surface area (Å²) in [6, 6.07) is 3.31. The highest BCUT2D eigenvalue weighted by molar-refractivity contribution is 5.61. The van der Waals surface area contributed by atoms with Crippen LogP contribution in [0, 0.1) is 15.9 Å². The highest BCUT2D eigenvalue weighted by atomic mass is 19.1. The van der Waals surface area contributed by atoms with E-state index < -0.39 is 16.3 Å². The average molecular weight is 313 g/mol. The largest absolute Gasteiger partial charge is 0.387 e. The van der Waals surface area contributed by atoms with Crippen molar-refractivity contribution in [1.29, 1.82) is 0 Å². The van der Waals surface area contributed by atoms with E-state index in [2.05, 4.69) is 10.2 Å². The third kappa shape index (κ3) is 4.62. The first-order chi connectivity index (χ1) is 10.4. The van der Waals surface area contributed by atoms with Gasteiger partial charge in [0.1, 0.15) is 11.5 Å². The highest BCUT2D eigenvalue weighted by Gasteiger charge is 2.26. The van der Waals surface area contributed by atoms with E-state index in [1.165, 1.54) is 6.07 Å². The first kappa shape index (κ1) is 16.6. The van der Waals surface area contributed by atoms with Crippen molar-refractivity contribution in [2.75, 3.05) is 44.7 Å². The highest BCUT2D eigenvalue weighted by Crippen LogP contribution is 2.25. The van der Waals surface area contributed by atoms with Crippen LogP contribution in [-0.4, -0.2) is 59.9 Å². The fourth-order valence-corrected chi connectivity index (χ4v) is 2.39. The zero-order valence-electron chi connectivity index (χ0n) is 12.4. The second-order valence-electron chi connectivity index (χ2n) is 5.66. The van der Waals surface area contributed by atoms with Crippen molar-refractivity contribution >= 4 is 11.4 Å². The van der Waals surface area contributed by atoms with Crippen LogP contribution in [0.4, 0.5) is 15.8 Å². The van der Waals surface area contributed by atoms with Crippen molar-refractivity contribution in [3.05, 3.63) is 34.1 Å². The summed E-state index contributed by atoms with van der Waals surface area (Å²) >= 11 is 0. The number of morpholine rings is 1. The molecular weight excluding hydrogens is 293 g/mol. The molecule has 7 nitrogen and oxygen atoms in total. The first-order valence-electron chi connectivity index (χ1n) is 7.08. The zero-order valence-corrected chi connectivity index (χ0v) is 12.4. The number of hydrogen-bond donors (Lipinski definition) is 2. The topological polar surface area (TPSA) is 87.9 Å². The average Bonchev–Trinajstić information content (AvgIpc) is 2.46. The molecule has 0 spiro atoms. The van der Waals surface area contributed by atoms with Crippen molar-refractivity contribution in [2.24, 2.45) is 0 Å². The van der Waals surface area contributed by atoms with Crippen LogP contribution < -0.4 is 5.32 Å². The van der Waals surface area contributed by atoms with Gasteiger partial charge in [-0.05, 0) is 19.1 Å². The number of hydrogen-bond acceptors (Lipinski definition) is 6. The summed E-state index contributed by atoms with van der Waals surface area (Å²) in [6.07, 6.45) is 0. The molecule has 1 aliphatic heterocycles. The molecule has 0 amide bonds. The molecule has 0 bridgehead atoms. The van der Waals surface area contributed by atoms with Gasteiger partial charge in [0.25, 0.3) is 5.69 Å². The Labute approximate surface area is 127 Å². The van der Waals surface area contributed by atoms with Gasteiger partial charge in [-0.2, -0.15) is 0 Å². The Morgan fingerprint density at radius 1 is 1.50 bits per heavy atom. The molecule has 2 N–H and O–H groups in total. The molecule has 1 fully saturated rings. The van der Waals surface area contributed by atoms with Gasteiger partial charge in [-0.25, -0.2) is 4.39 Å². The van der Waals surface area contributed by atoms with Crippen LogP contribution in [0.25, 0.3) is 0 Å². The van der Waals surface area contributed by atoms with Crippen LogP contribution in [0.2, 0.25) is 0 Å². The lowest BCUT2D eigenvalue weighted by molar-refractivity contribution is -0.384. The molecule has 1 atom stereocenters. The Bertz CT molecular complexity index is 533.